The first-order valence-electron chi connectivity index (χ1n) is 13.7. The zero-order valence-corrected chi connectivity index (χ0v) is 24.7. The highest BCUT2D eigenvalue weighted by Crippen LogP contribution is 2.46. The molecule has 208 valence electrons. The average molecular weight is 563 g/mol. The van der Waals surface area contributed by atoms with E-state index in [0.29, 0.717) is 0 Å². The van der Waals surface area contributed by atoms with Gasteiger partial charge in [-0.05, 0) is 57.6 Å². The highest BCUT2D eigenvalue weighted by atomic mass is 31.2. The second-order valence-corrected chi connectivity index (χ2v) is 12.5. The van der Waals surface area contributed by atoms with Crippen LogP contribution in [0.4, 0.5) is 0 Å². The first-order chi connectivity index (χ1) is 19.6. The molecule has 0 saturated carbocycles. The molecule has 1 N–H and O–H groups in total. The molecule has 0 aliphatic heterocycles. The maximum Gasteiger partial charge on any atom is 0.584 e. The fourth-order valence-electron chi connectivity index (χ4n) is 5.20. The van der Waals surface area contributed by atoms with Gasteiger partial charge in [0.1, 0.15) is 11.5 Å². The van der Waals surface area contributed by atoms with E-state index in [0.717, 1.165) is 11.1 Å². The summed E-state index contributed by atoms with van der Waals surface area (Å²) in [4.78, 5) is 10.3. The molecular weight excluding hydrogens is 527 g/mol. The van der Waals surface area contributed by atoms with Gasteiger partial charge in [-0.25, -0.2) is 4.57 Å². The van der Waals surface area contributed by atoms with Crippen molar-refractivity contribution in [3.8, 4) is 22.6 Å². The molecule has 0 bridgehead atoms. The number of rotatable bonds is 9. The topological polar surface area (TPSA) is 55.8 Å². The van der Waals surface area contributed by atoms with Crippen molar-refractivity contribution >= 4 is 7.82 Å². The van der Waals surface area contributed by atoms with Gasteiger partial charge in [0.05, 0.1) is 0 Å². The minimum Gasteiger partial charge on any atom is -0.395 e. The number of phosphoric ester groups is 1. The second-order valence-electron chi connectivity index (χ2n) is 11.2. The molecule has 0 amide bonds. The van der Waals surface area contributed by atoms with Gasteiger partial charge < -0.3 is 9.05 Å². The summed E-state index contributed by atoms with van der Waals surface area (Å²) in [6, 6.07) is 43.5. The quantitative estimate of drug-likeness (QED) is 0.182. The molecule has 41 heavy (non-hydrogen) atoms. The third kappa shape index (κ3) is 6.30. The van der Waals surface area contributed by atoms with Crippen LogP contribution in [0.2, 0.25) is 0 Å². The smallest absolute Gasteiger partial charge is 0.395 e. The van der Waals surface area contributed by atoms with Gasteiger partial charge in [-0.2, -0.15) is 0 Å². The van der Waals surface area contributed by atoms with Gasteiger partial charge in [0.2, 0.25) is 0 Å². The van der Waals surface area contributed by atoms with Crippen molar-refractivity contribution in [2.45, 2.75) is 38.5 Å². The van der Waals surface area contributed by atoms with Gasteiger partial charge in [0.15, 0.2) is 0 Å². The van der Waals surface area contributed by atoms with E-state index >= 15 is 0 Å². The zero-order valence-electron chi connectivity index (χ0n) is 23.8. The van der Waals surface area contributed by atoms with Crippen molar-refractivity contribution in [2.24, 2.45) is 0 Å². The number of hydrogen-bond acceptors (Lipinski definition) is 3. The maximum absolute atomic E-state index is 12.6. The normalized spacial score (nSPS) is 13.3. The van der Waals surface area contributed by atoms with Gasteiger partial charge >= 0.3 is 7.82 Å². The molecule has 4 nitrogen and oxygen atoms in total. The van der Waals surface area contributed by atoms with E-state index in [4.69, 9.17) is 9.05 Å². The number of phosphoric acid groups is 1. The van der Waals surface area contributed by atoms with Crippen LogP contribution in [0.3, 0.4) is 0 Å². The Morgan fingerprint density at radius 2 is 1.00 bits per heavy atom. The lowest BCUT2D eigenvalue weighted by Gasteiger charge is -2.33. The molecule has 1 atom stereocenters. The van der Waals surface area contributed by atoms with Crippen LogP contribution in [-0.2, 0) is 15.4 Å². The molecule has 1 unspecified atom stereocenters. The standard InChI is InChI=1S/C36H35O4P/c1-35(2,28-14-8-5-9-15-28)30-22-25-33(34(26-30)36(3,4)29-16-10-6-11-17-29)27-20-23-32(24-21-27)40-41(37,38)39-31-18-12-7-13-19-31/h5-26H,1-4H3,(H,37,38). The Bertz CT molecular complexity index is 1650. The highest BCUT2D eigenvalue weighted by Gasteiger charge is 2.30. The van der Waals surface area contributed by atoms with Gasteiger partial charge in [-0.3, -0.25) is 4.89 Å². The summed E-state index contributed by atoms with van der Waals surface area (Å²) in [5.41, 5.74) is 6.48. The molecule has 0 fully saturated rings. The molecule has 0 saturated heterocycles. The Labute approximate surface area is 242 Å². The van der Waals surface area contributed by atoms with Crippen LogP contribution in [0.25, 0.3) is 11.1 Å². The lowest BCUT2D eigenvalue weighted by molar-refractivity contribution is 0.291. The Kier molecular flexibility index (Phi) is 7.91. The van der Waals surface area contributed by atoms with Crippen molar-refractivity contribution in [1.29, 1.82) is 0 Å². The van der Waals surface area contributed by atoms with Gasteiger partial charge in [-0.15, -0.1) is 0 Å². The molecule has 5 rings (SSSR count). The summed E-state index contributed by atoms with van der Waals surface area (Å²) in [6.07, 6.45) is 0. The lowest BCUT2D eigenvalue weighted by Crippen LogP contribution is -2.23. The van der Waals surface area contributed by atoms with Crippen molar-refractivity contribution in [3.63, 3.8) is 0 Å². The van der Waals surface area contributed by atoms with Crippen molar-refractivity contribution < 1.29 is 18.5 Å². The number of para-hydroxylation sites is 1. The minimum atomic E-state index is -4.35. The van der Waals surface area contributed by atoms with Gasteiger partial charge in [-0.1, -0.05) is 137 Å². The highest BCUT2D eigenvalue weighted by molar-refractivity contribution is 7.48. The lowest BCUT2D eigenvalue weighted by atomic mass is 9.71. The van der Waals surface area contributed by atoms with Crippen molar-refractivity contribution in [2.75, 3.05) is 0 Å². The number of benzene rings is 5. The summed E-state index contributed by atoms with van der Waals surface area (Å²) in [5.74, 6) is 0.516. The Morgan fingerprint density at radius 1 is 0.537 bits per heavy atom. The third-order valence-corrected chi connectivity index (χ3v) is 8.64. The van der Waals surface area contributed by atoms with Crippen LogP contribution in [0.15, 0.2) is 133 Å². The van der Waals surface area contributed by atoms with Crippen LogP contribution in [0.1, 0.15) is 49.9 Å². The fraction of sp³-hybridized carbons (Fsp3) is 0.167. The Hall–Kier alpha value is -4.11. The second kappa shape index (κ2) is 11.4. The van der Waals surface area contributed by atoms with Crippen molar-refractivity contribution in [3.05, 3.63) is 156 Å². The van der Waals surface area contributed by atoms with Gasteiger partial charge in [0, 0.05) is 10.8 Å². The molecule has 0 aliphatic carbocycles. The van der Waals surface area contributed by atoms with E-state index in [9.17, 15) is 9.46 Å². The summed E-state index contributed by atoms with van der Waals surface area (Å²) < 4.78 is 23.2. The zero-order chi connectivity index (χ0) is 29.1. The van der Waals surface area contributed by atoms with E-state index in [-0.39, 0.29) is 22.3 Å². The number of hydrogen-bond donors (Lipinski definition) is 1. The summed E-state index contributed by atoms with van der Waals surface area (Å²) >= 11 is 0. The van der Waals surface area contributed by atoms with E-state index in [1.54, 1.807) is 42.5 Å². The molecule has 0 spiro atoms. The summed E-state index contributed by atoms with van der Waals surface area (Å²) in [7, 11) is -4.35. The molecular formula is C36H35O4P. The van der Waals surface area contributed by atoms with Gasteiger partial charge in [0.25, 0.3) is 0 Å². The SMILES string of the molecule is CC(C)(c1ccccc1)c1ccc(-c2ccc(OP(=O)(O)Oc3ccccc3)cc2)c(C(C)(C)c2ccccc2)c1. The Morgan fingerprint density at radius 3 is 1.54 bits per heavy atom. The van der Waals surface area contributed by atoms with E-state index in [1.165, 1.54) is 22.3 Å². The van der Waals surface area contributed by atoms with Crippen molar-refractivity contribution in [1.82, 2.24) is 0 Å². The average Bonchev–Trinajstić information content (AvgIpc) is 2.98. The largest absolute Gasteiger partial charge is 0.584 e. The van der Waals surface area contributed by atoms with Crippen LogP contribution in [-0.4, -0.2) is 4.89 Å². The third-order valence-electron chi connectivity index (χ3n) is 7.76. The molecule has 5 aromatic rings. The summed E-state index contributed by atoms with van der Waals surface area (Å²) in [6.45, 7) is 9.02. The van der Waals surface area contributed by atoms with E-state index in [1.807, 2.05) is 24.3 Å². The molecule has 0 radical (unpaired) electrons. The van der Waals surface area contributed by atoms with E-state index in [2.05, 4.69) is 94.4 Å². The maximum atomic E-state index is 12.6. The molecule has 0 aromatic heterocycles. The van der Waals surface area contributed by atoms with E-state index < -0.39 is 7.82 Å². The monoisotopic (exact) mass is 562 g/mol. The first kappa shape index (κ1) is 28.4. The van der Waals surface area contributed by atoms with Crippen LogP contribution in [0, 0.1) is 0 Å². The Balaban J connectivity index is 1.52. The minimum absolute atomic E-state index is 0.194. The molecule has 5 aromatic carbocycles. The predicted octanol–water partition coefficient (Wildman–Crippen LogP) is 9.56. The van der Waals surface area contributed by atoms with Crippen LogP contribution < -0.4 is 9.05 Å². The van der Waals surface area contributed by atoms with Crippen LogP contribution >= 0.6 is 7.82 Å². The first-order valence-corrected chi connectivity index (χ1v) is 15.2. The molecule has 0 heterocycles. The molecule has 0 aliphatic rings. The predicted molar refractivity (Wildman–Crippen MR) is 167 cm³/mol. The fourth-order valence-corrected chi connectivity index (χ4v) is 6.01. The summed E-state index contributed by atoms with van der Waals surface area (Å²) in [5, 5.41) is 0. The van der Waals surface area contributed by atoms with Crippen LogP contribution in [0.5, 0.6) is 11.5 Å². The molecule has 5 heteroatoms.